The molecule has 2 unspecified atom stereocenters. The van der Waals surface area contributed by atoms with Gasteiger partial charge in [0.1, 0.15) is 0 Å². The van der Waals surface area contributed by atoms with Crippen molar-refractivity contribution in [2.24, 2.45) is 10.9 Å². The summed E-state index contributed by atoms with van der Waals surface area (Å²) >= 11 is 0. The predicted molar refractivity (Wildman–Crippen MR) is 126 cm³/mol. The van der Waals surface area contributed by atoms with E-state index in [0.29, 0.717) is 12.6 Å². The van der Waals surface area contributed by atoms with Gasteiger partial charge in [-0.1, -0.05) is 43.3 Å². The van der Waals surface area contributed by atoms with Gasteiger partial charge in [-0.3, -0.25) is 0 Å². The smallest absolute Gasteiger partial charge is 0.191 e. The molecule has 2 N–H and O–H groups in total. The molecule has 1 fully saturated rings. The van der Waals surface area contributed by atoms with Crippen molar-refractivity contribution in [2.75, 3.05) is 6.54 Å². The van der Waals surface area contributed by atoms with Crippen LogP contribution in [0.4, 0.5) is 0 Å². The van der Waals surface area contributed by atoms with Crippen LogP contribution in [0.3, 0.4) is 0 Å². The highest BCUT2D eigenvalue weighted by Gasteiger charge is 2.33. The molecule has 0 saturated heterocycles. The topological polar surface area (TPSA) is 54.2 Å². The molecule has 1 aromatic heterocycles. The molecule has 4 rings (SSSR count). The van der Waals surface area contributed by atoms with E-state index < -0.39 is 0 Å². The minimum absolute atomic E-state index is 0. The normalized spacial score (nSPS) is 18.6. The first-order chi connectivity index (χ1) is 13.2. The summed E-state index contributed by atoms with van der Waals surface area (Å²) in [4.78, 5) is 9.19. The molecular weight excluding hydrogens is 461 g/mol. The molecule has 0 bridgehead atoms. The number of benzene rings is 2. The lowest BCUT2D eigenvalue weighted by Crippen LogP contribution is -2.39. The molecule has 148 valence electrons. The number of imidazole rings is 1. The van der Waals surface area contributed by atoms with Crippen LogP contribution < -0.4 is 10.6 Å². The van der Waals surface area contributed by atoms with Gasteiger partial charge in [0, 0.05) is 19.1 Å². The second-order valence-electron chi connectivity index (χ2n) is 7.34. The summed E-state index contributed by atoms with van der Waals surface area (Å²) in [6, 6.07) is 17.5. The first kappa shape index (κ1) is 20.6. The maximum atomic E-state index is 4.72. The van der Waals surface area contributed by atoms with Gasteiger partial charge >= 0.3 is 0 Å². The summed E-state index contributed by atoms with van der Waals surface area (Å²) in [5.41, 5.74) is 4.69. The Bertz CT molecular complexity index is 932. The van der Waals surface area contributed by atoms with E-state index in [-0.39, 0.29) is 24.0 Å². The number of fused-ring (bicyclic) bond motifs is 1. The van der Waals surface area contributed by atoms with Crippen molar-refractivity contribution in [1.29, 1.82) is 0 Å². The number of guanidine groups is 1. The molecular formula is C22H28IN5. The molecule has 0 spiro atoms. The van der Waals surface area contributed by atoms with E-state index >= 15 is 0 Å². The minimum Gasteiger partial charge on any atom is -0.357 e. The maximum absolute atomic E-state index is 4.72. The van der Waals surface area contributed by atoms with Crippen LogP contribution in [0.25, 0.3) is 11.0 Å². The fourth-order valence-electron chi connectivity index (χ4n) is 3.27. The molecule has 2 atom stereocenters. The Labute approximate surface area is 183 Å². The number of nitrogens with zero attached hydrogens (tertiary/aromatic N) is 3. The van der Waals surface area contributed by atoms with Crippen molar-refractivity contribution in [1.82, 2.24) is 20.2 Å². The molecule has 1 aliphatic carbocycles. The number of rotatable bonds is 6. The van der Waals surface area contributed by atoms with Gasteiger partial charge in [-0.25, -0.2) is 9.98 Å². The van der Waals surface area contributed by atoms with Crippen LogP contribution in [0.1, 0.15) is 31.4 Å². The summed E-state index contributed by atoms with van der Waals surface area (Å²) in [5.74, 6) is 1.67. The molecule has 1 saturated carbocycles. The molecule has 1 heterocycles. The largest absolute Gasteiger partial charge is 0.357 e. The number of aromatic nitrogens is 2. The highest BCUT2D eigenvalue weighted by atomic mass is 127. The Morgan fingerprint density at radius 1 is 1.14 bits per heavy atom. The van der Waals surface area contributed by atoms with Crippen molar-refractivity contribution in [3.63, 3.8) is 0 Å². The average Bonchev–Trinajstić information content (AvgIpc) is 3.23. The fraction of sp³-hybridized carbons (Fsp3) is 0.364. The average molecular weight is 489 g/mol. The van der Waals surface area contributed by atoms with Crippen LogP contribution in [0.15, 0.2) is 59.9 Å². The lowest BCUT2D eigenvalue weighted by Gasteiger charge is -2.11. The quantitative estimate of drug-likeness (QED) is 0.311. The minimum atomic E-state index is 0. The lowest BCUT2D eigenvalue weighted by molar-refractivity contribution is 0.766. The number of halogens is 1. The highest BCUT2D eigenvalue weighted by Crippen LogP contribution is 2.28. The Morgan fingerprint density at radius 2 is 1.86 bits per heavy atom. The second kappa shape index (κ2) is 9.41. The molecule has 0 amide bonds. The standard InChI is InChI=1S/C22H27N5.HI/c1-3-23-22(26-20-12-16(20)2)24-13-17-8-10-18(11-9-17)14-27-15-25-19-6-4-5-7-21(19)27;/h4-11,15-16,20H,3,12-14H2,1-2H3,(H2,23,24,26);1H. The third-order valence-corrected chi connectivity index (χ3v) is 5.10. The Kier molecular flexibility index (Phi) is 6.93. The van der Waals surface area contributed by atoms with Crippen LogP contribution in [-0.2, 0) is 13.1 Å². The van der Waals surface area contributed by atoms with Crippen LogP contribution in [0.5, 0.6) is 0 Å². The van der Waals surface area contributed by atoms with E-state index in [9.17, 15) is 0 Å². The number of hydrogen-bond donors (Lipinski definition) is 2. The van der Waals surface area contributed by atoms with E-state index in [1.807, 2.05) is 18.5 Å². The van der Waals surface area contributed by atoms with Crippen molar-refractivity contribution >= 4 is 41.0 Å². The number of nitrogens with one attached hydrogen (secondary N) is 2. The Hall–Kier alpha value is -2.09. The lowest BCUT2D eigenvalue weighted by atomic mass is 10.1. The van der Waals surface area contributed by atoms with Gasteiger partial charge in [0.25, 0.3) is 0 Å². The van der Waals surface area contributed by atoms with Crippen molar-refractivity contribution in [2.45, 2.75) is 39.4 Å². The Balaban J connectivity index is 0.00000225. The van der Waals surface area contributed by atoms with Gasteiger partial charge in [0.2, 0.25) is 0 Å². The second-order valence-corrected chi connectivity index (χ2v) is 7.34. The Morgan fingerprint density at radius 3 is 2.57 bits per heavy atom. The van der Waals surface area contributed by atoms with Gasteiger partial charge < -0.3 is 15.2 Å². The first-order valence-electron chi connectivity index (χ1n) is 9.75. The van der Waals surface area contributed by atoms with Gasteiger partial charge in [-0.05, 0) is 42.5 Å². The van der Waals surface area contributed by atoms with E-state index in [1.54, 1.807) is 0 Å². The molecule has 2 aromatic carbocycles. The van der Waals surface area contributed by atoms with Crippen LogP contribution in [-0.4, -0.2) is 28.1 Å². The highest BCUT2D eigenvalue weighted by molar-refractivity contribution is 14.0. The van der Waals surface area contributed by atoms with E-state index in [2.05, 4.69) is 70.4 Å². The van der Waals surface area contributed by atoms with E-state index in [4.69, 9.17) is 4.99 Å². The maximum Gasteiger partial charge on any atom is 0.191 e. The zero-order chi connectivity index (χ0) is 18.6. The summed E-state index contributed by atoms with van der Waals surface area (Å²) in [7, 11) is 0. The van der Waals surface area contributed by atoms with Gasteiger partial charge in [0.15, 0.2) is 5.96 Å². The summed E-state index contributed by atoms with van der Waals surface area (Å²) < 4.78 is 2.19. The van der Waals surface area contributed by atoms with Crippen molar-refractivity contribution < 1.29 is 0 Å². The third-order valence-electron chi connectivity index (χ3n) is 5.10. The molecule has 0 aliphatic heterocycles. The predicted octanol–water partition coefficient (Wildman–Crippen LogP) is 4.17. The van der Waals surface area contributed by atoms with Crippen LogP contribution >= 0.6 is 24.0 Å². The van der Waals surface area contributed by atoms with Gasteiger partial charge in [0.05, 0.1) is 23.9 Å². The summed E-state index contributed by atoms with van der Waals surface area (Å²) in [6.07, 6.45) is 3.15. The zero-order valence-electron chi connectivity index (χ0n) is 16.4. The molecule has 6 heteroatoms. The number of aliphatic imine (C=N–C) groups is 1. The fourth-order valence-corrected chi connectivity index (χ4v) is 3.27. The van der Waals surface area contributed by atoms with E-state index in [0.717, 1.165) is 30.5 Å². The first-order valence-corrected chi connectivity index (χ1v) is 9.75. The summed E-state index contributed by atoms with van der Waals surface area (Å²) in [5, 5.41) is 6.83. The van der Waals surface area contributed by atoms with Crippen LogP contribution in [0.2, 0.25) is 0 Å². The number of para-hydroxylation sites is 2. The zero-order valence-corrected chi connectivity index (χ0v) is 18.8. The van der Waals surface area contributed by atoms with Gasteiger partial charge in [-0.2, -0.15) is 0 Å². The molecule has 0 radical (unpaired) electrons. The van der Waals surface area contributed by atoms with E-state index in [1.165, 1.54) is 23.1 Å². The van der Waals surface area contributed by atoms with Gasteiger partial charge in [-0.15, -0.1) is 24.0 Å². The van der Waals surface area contributed by atoms with Crippen LogP contribution in [0, 0.1) is 5.92 Å². The monoisotopic (exact) mass is 489 g/mol. The SMILES string of the molecule is CCNC(=NCc1ccc(Cn2cnc3ccccc32)cc1)NC1CC1C.I. The van der Waals surface area contributed by atoms with Crippen molar-refractivity contribution in [3.05, 3.63) is 66.0 Å². The molecule has 5 nitrogen and oxygen atoms in total. The van der Waals surface area contributed by atoms with Crippen molar-refractivity contribution in [3.8, 4) is 0 Å². The molecule has 3 aromatic rings. The molecule has 28 heavy (non-hydrogen) atoms. The molecule has 1 aliphatic rings. The number of hydrogen-bond acceptors (Lipinski definition) is 2. The summed E-state index contributed by atoms with van der Waals surface area (Å²) in [6.45, 7) is 6.76. The third kappa shape index (κ3) is 5.04.